The number of pyridine rings is 1. The van der Waals surface area contributed by atoms with Crippen molar-refractivity contribution >= 4 is 40.2 Å². The number of fused-ring (bicyclic) bond motifs is 2. The van der Waals surface area contributed by atoms with E-state index in [2.05, 4.69) is 5.32 Å². The third kappa shape index (κ3) is 3.33. The zero-order valence-electron chi connectivity index (χ0n) is 12.9. The molecule has 2 aliphatic carbocycles. The van der Waals surface area contributed by atoms with Gasteiger partial charge in [0, 0.05) is 27.0 Å². The Bertz CT molecular complexity index is 773. The van der Waals surface area contributed by atoms with Crippen LogP contribution in [-0.4, -0.2) is 22.7 Å². The van der Waals surface area contributed by atoms with Gasteiger partial charge in [-0.05, 0) is 62.3 Å². The summed E-state index contributed by atoms with van der Waals surface area (Å²) in [6.07, 6.45) is 6.74. The zero-order chi connectivity index (χ0) is 15.8. The summed E-state index contributed by atoms with van der Waals surface area (Å²) in [5, 5.41) is 4.87. The van der Waals surface area contributed by atoms with Gasteiger partial charge in [0.1, 0.15) is 0 Å². The minimum absolute atomic E-state index is 0.133. The summed E-state index contributed by atoms with van der Waals surface area (Å²) < 4.78 is 0. The molecule has 1 saturated carbocycles. The van der Waals surface area contributed by atoms with Crippen LogP contribution in [0.25, 0.3) is 10.9 Å². The van der Waals surface area contributed by atoms with E-state index >= 15 is 0 Å². The Kier molecular flexibility index (Phi) is 4.20. The van der Waals surface area contributed by atoms with Gasteiger partial charge in [-0.25, -0.2) is 0 Å². The largest absolute Gasteiger partial charge is 0.353 e. The third-order valence-corrected chi connectivity index (χ3v) is 5.86. The van der Waals surface area contributed by atoms with E-state index in [0.29, 0.717) is 11.8 Å². The molecule has 0 atom stereocenters. The fourth-order valence-corrected chi connectivity index (χ4v) is 4.40. The topological polar surface area (TPSA) is 42.0 Å². The quantitative estimate of drug-likeness (QED) is 0.846. The van der Waals surface area contributed by atoms with E-state index in [4.69, 9.17) is 16.6 Å². The second-order valence-electron chi connectivity index (χ2n) is 6.37. The van der Waals surface area contributed by atoms with Crippen molar-refractivity contribution in [1.82, 2.24) is 10.3 Å². The number of aromatic nitrogens is 1. The molecule has 1 N–H and O–H groups in total. The molecule has 4 rings (SSSR count). The second-order valence-corrected chi connectivity index (χ2v) is 7.79. The molecule has 1 fully saturated rings. The molecule has 2 aromatic rings. The average molecular weight is 347 g/mol. The highest BCUT2D eigenvalue weighted by Gasteiger charge is 2.24. The summed E-state index contributed by atoms with van der Waals surface area (Å²) in [5.41, 5.74) is 3.52. The van der Waals surface area contributed by atoms with E-state index in [0.717, 1.165) is 41.6 Å². The Morgan fingerprint density at radius 3 is 2.96 bits per heavy atom. The van der Waals surface area contributed by atoms with E-state index in [1.54, 1.807) is 11.8 Å². The van der Waals surface area contributed by atoms with Crippen LogP contribution >= 0.6 is 23.4 Å². The molecule has 1 aromatic heterocycles. The number of amides is 1. The molecule has 0 radical (unpaired) electrons. The van der Waals surface area contributed by atoms with Gasteiger partial charge in [0.05, 0.1) is 11.3 Å². The number of aryl methyl sites for hydroxylation is 1. The number of carbonyl (C=O) groups excluding carboxylic acids is 1. The molecule has 120 valence electrons. The van der Waals surface area contributed by atoms with Gasteiger partial charge in [-0.15, -0.1) is 11.8 Å². The first-order valence-electron chi connectivity index (χ1n) is 8.24. The van der Waals surface area contributed by atoms with Gasteiger partial charge in [-0.2, -0.15) is 0 Å². The average Bonchev–Trinajstić information content (AvgIpc) is 3.35. The van der Waals surface area contributed by atoms with E-state index < -0.39 is 0 Å². The molecule has 0 spiro atoms. The Labute approximate surface area is 145 Å². The molecule has 0 bridgehead atoms. The summed E-state index contributed by atoms with van der Waals surface area (Å²) in [5.74, 6) is 0.600. The smallest absolute Gasteiger partial charge is 0.230 e. The van der Waals surface area contributed by atoms with Crippen molar-refractivity contribution in [1.29, 1.82) is 0 Å². The van der Waals surface area contributed by atoms with Gasteiger partial charge in [-0.3, -0.25) is 9.78 Å². The molecular weight excluding hydrogens is 328 g/mol. The SMILES string of the molecule is O=C(CSc1c2c(nc3ccc(Cl)cc13)CCCC2)NC1CC1. The minimum atomic E-state index is 0.133. The van der Waals surface area contributed by atoms with Crippen LogP contribution in [0.3, 0.4) is 0 Å². The lowest BCUT2D eigenvalue weighted by atomic mass is 9.94. The first-order valence-corrected chi connectivity index (χ1v) is 9.60. The molecule has 0 saturated heterocycles. The molecule has 3 nitrogen and oxygen atoms in total. The third-order valence-electron chi connectivity index (χ3n) is 4.46. The maximum Gasteiger partial charge on any atom is 0.230 e. The number of nitrogens with one attached hydrogen (secondary N) is 1. The summed E-state index contributed by atoms with van der Waals surface area (Å²) in [6.45, 7) is 0. The van der Waals surface area contributed by atoms with Crippen LogP contribution in [0.5, 0.6) is 0 Å². The van der Waals surface area contributed by atoms with Gasteiger partial charge in [0.25, 0.3) is 0 Å². The number of nitrogens with zero attached hydrogens (tertiary/aromatic N) is 1. The Hall–Kier alpha value is -1.26. The van der Waals surface area contributed by atoms with E-state index in [1.807, 2.05) is 18.2 Å². The van der Waals surface area contributed by atoms with Crippen molar-refractivity contribution < 1.29 is 4.79 Å². The van der Waals surface area contributed by atoms with Crippen LogP contribution in [0.2, 0.25) is 5.02 Å². The van der Waals surface area contributed by atoms with Crippen LogP contribution < -0.4 is 5.32 Å². The Morgan fingerprint density at radius 1 is 1.30 bits per heavy atom. The predicted octanol–water partition coefficient (Wildman–Crippen LogP) is 4.14. The highest BCUT2D eigenvalue weighted by atomic mass is 35.5. The van der Waals surface area contributed by atoms with Crippen LogP contribution in [-0.2, 0) is 17.6 Å². The molecule has 5 heteroatoms. The van der Waals surface area contributed by atoms with Gasteiger partial charge >= 0.3 is 0 Å². The monoisotopic (exact) mass is 346 g/mol. The number of rotatable bonds is 4. The van der Waals surface area contributed by atoms with Crippen molar-refractivity contribution in [2.75, 3.05) is 5.75 Å². The molecule has 1 amide bonds. The Balaban J connectivity index is 1.69. The van der Waals surface area contributed by atoms with Crippen molar-refractivity contribution in [3.8, 4) is 0 Å². The molecule has 2 aliphatic rings. The van der Waals surface area contributed by atoms with Gasteiger partial charge < -0.3 is 5.32 Å². The number of carbonyl (C=O) groups is 1. The number of hydrogen-bond acceptors (Lipinski definition) is 3. The second kappa shape index (κ2) is 6.33. The number of benzene rings is 1. The van der Waals surface area contributed by atoms with E-state index in [-0.39, 0.29) is 5.91 Å². The van der Waals surface area contributed by atoms with E-state index in [9.17, 15) is 4.79 Å². The Morgan fingerprint density at radius 2 is 2.13 bits per heavy atom. The first-order chi connectivity index (χ1) is 11.2. The molecule has 0 aliphatic heterocycles. The molecule has 1 aromatic carbocycles. The summed E-state index contributed by atoms with van der Waals surface area (Å²) >= 11 is 7.84. The van der Waals surface area contributed by atoms with Crippen molar-refractivity contribution in [3.63, 3.8) is 0 Å². The zero-order valence-corrected chi connectivity index (χ0v) is 14.5. The van der Waals surface area contributed by atoms with Gasteiger partial charge in [0.15, 0.2) is 0 Å². The van der Waals surface area contributed by atoms with E-state index in [1.165, 1.54) is 29.0 Å². The number of hydrogen-bond donors (Lipinski definition) is 1. The number of halogens is 1. The van der Waals surface area contributed by atoms with Gasteiger partial charge in [0.2, 0.25) is 5.91 Å². The molecule has 0 unspecified atom stereocenters. The number of thioether (sulfide) groups is 1. The molecule has 23 heavy (non-hydrogen) atoms. The fraction of sp³-hybridized carbons (Fsp3) is 0.444. The first kappa shape index (κ1) is 15.3. The van der Waals surface area contributed by atoms with Crippen molar-refractivity contribution in [2.45, 2.75) is 49.5 Å². The lowest BCUT2D eigenvalue weighted by molar-refractivity contribution is -0.118. The fourth-order valence-electron chi connectivity index (χ4n) is 3.15. The normalized spacial score (nSPS) is 17.1. The van der Waals surface area contributed by atoms with Crippen LogP contribution in [0.1, 0.15) is 36.9 Å². The highest BCUT2D eigenvalue weighted by Crippen LogP contribution is 2.37. The highest BCUT2D eigenvalue weighted by molar-refractivity contribution is 8.00. The summed E-state index contributed by atoms with van der Waals surface area (Å²) in [4.78, 5) is 18.1. The van der Waals surface area contributed by atoms with Crippen LogP contribution in [0, 0.1) is 0 Å². The van der Waals surface area contributed by atoms with Crippen molar-refractivity contribution in [3.05, 3.63) is 34.5 Å². The summed E-state index contributed by atoms with van der Waals surface area (Å²) in [6, 6.07) is 6.28. The predicted molar refractivity (Wildman–Crippen MR) is 95.3 cm³/mol. The van der Waals surface area contributed by atoms with Gasteiger partial charge in [-0.1, -0.05) is 11.6 Å². The van der Waals surface area contributed by atoms with Crippen LogP contribution in [0.4, 0.5) is 0 Å². The molecular formula is C18H19ClN2OS. The standard InChI is InChI=1S/C18H19ClN2OS/c19-11-5-8-16-14(9-11)18(13-3-1-2-4-15(13)21-16)23-10-17(22)20-12-6-7-12/h5,8-9,12H,1-4,6-7,10H2,(H,20,22). The van der Waals surface area contributed by atoms with Crippen molar-refractivity contribution in [2.24, 2.45) is 0 Å². The maximum absolute atomic E-state index is 12.1. The lowest BCUT2D eigenvalue weighted by Gasteiger charge is -2.20. The molecule has 1 heterocycles. The maximum atomic E-state index is 12.1. The van der Waals surface area contributed by atoms with Crippen LogP contribution in [0.15, 0.2) is 23.1 Å². The minimum Gasteiger partial charge on any atom is -0.353 e. The lowest BCUT2D eigenvalue weighted by Crippen LogP contribution is -2.27. The summed E-state index contributed by atoms with van der Waals surface area (Å²) in [7, 11) is 0.